The molecule has 0 aromatic rings. The maximum atomic E-state index is 11.8. The normalized spacial score (nSPS) is 21.3. The van der Waals surface area contributed by atoms with Crippen molar-refractivity contribution in [1.82, 2.24) is 4.90 Å². The molecule has 1 heterocycles. The lowest BCUT2D eigenvalue weighted by Crippen LogP contribution is -2.41. The first-order chi connectivity index (χ1) is 6.79. The van der Waals surface area contributed by atoms with Crippen molar-refractivity contribution in [3.05, 3.63) is 0 Å². The molecule has 4 nitrogen and oxygen atoms in total. The summed E-state index contributed by atoms with van der Waals surface area (Å²) < 4.78 is 5.37. The zero-order chi connectivity index (χ0) is 10.4. The molecule has 1 aliphatic heterocycles. The minimum absolute atomic E-state index is 0.0336. The SMILES string of the molecule is CCN(CC#N)C(=O)C1CCCCO1. The van der Waals surface area contributed by atoms with Crippen molar-refractivity contribution >= 4 is 5.91 Å². The minimum atomic E-state index is -0.308. The fourth-order valence-electron chi connectivity index (χ4n) is 1.57. The Balaban J connectivity index is 2.48. The molecule has 0 aliphatic carbocycles. The number of rotatable bonds is 3. The highest BCUT2D eigenvalue weighted by atomic mass is 16.5. The molecular weight excluding hydrogens is 180 g/mol. The van der Waals surface area contributed by atoms with Crippen molar-refractivity contribution in [2.24, 2.45) is 0 Å². The largest absolute Gasteiger partial charge is 0.368 e. The fourth-order valence-corrected chi connectivity index (χ4v) is 1.57. The molecule has 1 saturated heterocycles. The van der Waals surface area contributed by atoms with E-state index in [0.717, 1.165) is 19.3 Å². The fraction of sp³-hybridized carbons (Fsp3) is 0.800. The Bertz CT molecular complexity index is 229. The van der Waals surface area contributed by atoms with E-state index in [1.165, 1.54) is 4.90 Å². The Morgan fingerprint density at radius 1 is 1.64 bits per heavy atom. The third-order valence-electron chi connectivity index (χ3n) is 2.41. The van der Waals surface area contributed by atoms with Gasteiger partial charge in [-0.15, -0.1) is 0 Å². The van der Waals surface area contributed by atoms with Gasteiger partial charge in [0, 0.05) is 13.2 Å². The van der Waals surface area contributed by atoms with Gasteiger partial charge in [-0.2, -0.15) is 5.26 Å². The topological polar surface area (TPSA) is 53.3 Å². The van der Waals surface area contributed by atoms with E-state index >= 15 is 0 Å². The van der Waals surface area contributed by atoms with Crippen molar-refractivity contribution in [1.29, 1.82) is 5.26 Å². The molecule has 78 valence electrons. The van der Waals surface area contributed by atoms with E-state index in [4.69, 9.17) is 10.00 Å². The second-order valence-corrected chi connectivity index (χ2v) is 3.37. The van der Waals surface area contributed by atoms with E-state index in [1.54, 1.807) is 0 Å². The maximum absolute atomic E-state index is 11.8. The first-order valence-electron chi connectivity index (χ1n) is 5.07. The van der Waals surface area contributed by atoms with Gasteiger partial charge in [-0.25, -0.2) is 0 Å². The van der Waals surface area contributed by atoms with Crippen molar-refractivity contribution < 1.29 is 9.53 Å². The molecule has 4 heteroatoms. The smallest absolute Gasteiger partial charge is 0.252 e. The Hall–Kier alpha value is -1.08. The summed E-state index contributed by atoms with van der Waals surface area (Å²) in [5.41, 5.74) is 0. The number of likely N-dealkylation sites (N-methyl/N-ethyl adjacent to an activating group) is 1. The molecule has 0 bridgehead atoms. The lowest BCUT2D eigenvalue weighted by molar-refractivity contribution is -0.145. The number of ether oxygens (including phenoxy) is 1. The molecule has 0 N–H and O–H groups in total. The molecule has 1 fully saturated rings. The predicted molar refractivity (Wildman–Crippen MR) is 51.5 cm³/mol. The van der Waals surface area contributed by atoms with Crippen LogP contribution in [0.2, 0.25) is 0 Å². The first kappa shape index (κ1) is 11.0. The van der Waals surface area contributed by atoms with E-state index in [0.29, 0.717) is 13.2 Å². The van der Waals surface area contributed by atoms with Crippen LogP contribution in [-0.2, 0) is 9.53 Å². The zero-order valence-corrected chi connectivity index (χ0v) is 8.53. The Kier molecular flexibility index (Phi) is 4.41. The Morgan fingerprint density at radius 3 is 2.93 bits per heavy atom. The first-order valence-corrected chi connectivity index (χ1v) is 5.07. The number of carbonyl (C=O) groups is 1. The van der Waals surface area contributed by atoms with Gasteiger partial charge in [0.05, 0.1) is 6.07 Å². The van der Waals surface area contributed by atoms with Crippen LogP contribution in [0.15, 0.2) is 0 Å². The minimum Gasteiger partial charge on any atom is -0.368 e. The highest BCUT2D eigenvalue weighted by Crippen LogP contribution is 2.14. The second kappa shape index (κ2) is 5.61. The monoisotopic (exact) mass is 196 g/mol. The van der Waals surface area contributed by atoms with Crippen LogP contribution >= 0.6 is 0 Å². The summed E-state index contributed by atoms with van der Waals surface area (Å²) in [7, 11) is 0. The number of hydrogen-bond acceptors (Lipinski definition) is 3. The van der Waals surface area contributed by atoms with Crippen molar-refractivity contribution in [3.8, 4) is 6.07 Å². The highest BCUT2D eigenvalue weighted by Gasteiger charge is 2.25. The maximum Gasteiger partial charge on any atom is 0.252 e. The number of hydrogen-bond donors (Lipinski definition) is 0. The van der Waals surface area contributed by atoms with Gasteiger partial charge in [-0.1, -0.05) is 0 Å². The number of nitrogens with zero attached hydrogens (tertiary/aromatic N) is 2. The molecule has 0 aromatic heterocycles. The second-order valence-electron chi connectivity index (χ2n) is 3.37. The summed E-state index contributed by atoms with van der Waals surface area (Å²) in [6, 6.07) is 1.99. The summed E-state index contributed by atoms with van der Waals surface area (Å²) in [6.45, 7) is 3.28. The van der Waals surface area contributed by atoms with E-state index < -0.39 is 0 Å². The molecule has 0 spiro atoms. The van der Waals surface area contributed by atoms with Crippen LogP contribution in [0, 0.1) is 11.3 Å². The molecule has 0 radical (unpaired) electrons. The van der Waals surface area contributed by atoms with Crippen LogP contribution in [0.5, 0.6) is 0 Å². The van der Waals surface area contributed by atoms with Crippen LogP contribution in [0.4, 0.5) is 0 Å². The van der Waals surface area contributed by atoms with E-state index in [2.05, 4.69) is 0 Å². The lowest BCUT2D eigenvalue weighted by atomic mass is 10.1. The molecule has 0 aromatic carbocycles. The average Bonchev–Trinajstić information content (AvgIpc) is 2.26. The Morgan fingerprint density at radius 2 is 2.43 bits per heavy atom. The molecular formula is C10H16N2O2. The van der Waals surface area contributed by atoms with Gasteiger partial charge in [0.25, 0.3) is 5.91 Å². The van der Waals surface area contributed by atoms with Crippen molar-refractivity contribution in [2.75, 3.05) is 19.7 Å². The quantitative estimate of drug-likeness (QED) is 0.631. The number of nitriles is 1. The zero-order valence-electron chi connectivity index (χ0n) is 8.53. The van der Waals surface area contributed by atoms with Gasteiger partial charge >= 0.3 is 0 Å². The van der Waals surface area contributed by atoms with E-state index in [9.17, 15) is 4.79 Å². The molecule has 0 saturated carbocycles. The predicted octanol–water partition coefficient (Wildman–Crippen LogP) is 0.928. The van der Waals surface area contributed by atoms with Crippen LogP contribution in [0.3, 0.4) is 0 Å². The van der Waals surface area contributed by atoms with Crippen LogP contribution in [-0.4, -0.2) is 36.6 Å². The van der Waals surface area contributed by atoms with Gasteiger partial charge in [-0.3, -0.25) is 4.79 Å². The summed E-state index contributed by atoms with van der Waals surface area (Å²) in [4.78, 5) is 13.3. The number of carbonyl (C=O) groups excluding carboxylic acids is 1. The third-order valence-corrected chi connectivity index (χ3v) is 2.41. The van der Waals surface area contributed by atoms with Crippen LogP contribution in [0.1, 0.15) is 26.2 Å². The Labute approximate surface area is 84.4 Å². The summed E-state index contributed by atoms with van der Waals surface area (Å²) >= 11 is 0. The summed E-state index contributed by atoms with van der Waals surface area (Å²) in [6.07, 6.45) is 2.56. The third kappa shape index (κ3) is 2.71. The summed E-state index contributed by atoms with van der Waals surface area (Å²) in [5, 5.41) is 8.53. The van der Waals surface area contributed by atoms with Gasteiger partial charge in [0.2, 0.25) is 0 Å². The highest BCUT2D eigenvalue weighted by molar-refractivity contribution is 5.81. The lowest BCUT2D eigenvalue weighted by Gasteiger charge is -2.26. The van der Waals surface area contributed by atoms with E-state index in [-0.39, 0.29) is 18.6 Å². The molecule has 1 unspecified atom stereocenters. The van der Waals surface area contributed by atoms with Gasteiger partial charge in [-0.05, 0) is 26.2 Å². The number of amides is 1. The molecule has 1 rings (SSSR count). The van der Waals surface area contributed by atoms with Gasteiger partial charge < -0.3 is 9.64 Å². The van der Waals surface area contributed by atoms with E-state index in [1.807, 2.05) is 13.0 Å². The standard InChI is InChI=1S/C10H16N2O2/c1-2-12(7-6-11)10(13)9-5-3-4-8-14-9/h9H,2-5,7-8H2,1H3. The van der Waals surface area contributed by atoms with Crippen LogP contribution in [0.25, 0.3) is 0 Å². The summed E-state index contributed by atoms with van der Waals surface area (Å²) in [5.74, 6) is -0.0336. The molecule has 1 atom stereocenters. The van der Waals surface area contributed by atoms with Gasteiger partial charge in [0.15, 0.2) is 0 Å². The van der Waals surface area contributed by atoms with Crippen molar-refractivity contribution in [2.45, 2.75) is 32.3 Å². The van der Waals surface area contributed by atoms with Crippen molar-refractivity contribution in [3.63, 3.8) is 0 Å². The molecule has 1 aliphatic rings. The average molecular weight is 196 g/mol. The molecule has 14 heavy (non-hydrogen) atoms. The molecule has 1 amide bonds. The van der Waals surface area contributed by atoms with Crippen LogP contribution < -0.4 is 0 Å². The van der Waals surface area contributed by atoms with Gasteiger partial charge in [0.1, 0.15) is 12.6 Å².